The Morgan fingerprint density at radius 3 is 0.933 bits per heavy atom. The van der Waals surface area contributed by atoms with Crippen LogP contribution in [0.4, 0.5) is 0 Å². The van der Waals surface area contributed by atoms with E-state index in [1.807, 2.05) is 48.5 Å². The number of carbonyl (C=O) groups excluding carboxylic acids is 3. The van der Waals surface area contributed by atoms with Crippen molar-refractivity contribution in [3.8, 4) is 0 Å². The van der Waals surface area contributed by atoms with Gasteiger partial charge >= 0.3 is 17.9 Å². The maximum absolute atomic E-state index is 12.4. The molecule has 0 aromatic heterocycles. The highest BCUT2D eigenvalue weighted by molar-refractivity contribution is 5.73. The molecule has 0 aliphatic carbocycles. The summed E-state index contributed by atoms with van der Waals surface area (Å²) in [6.45, 7) is 13.8. The molecule has 0 heterocycles. The van der Waals surface area contributed by atoms with Crippen LogP contribution in [0.5, 0.6) is 0 Å². The minimum absolute atomic E-state index is 0.0607. The molecular formula is C24H44O6. The van der Waals surface area contributed by atoms with Gasteiger partial charge in [0.05, 0.1) is 23.2 Å². The molecule has 0 saturated carbocycles. The van der Waals surface area contributed by atoms with Crippen LogP contribution in [0.2, 0.25) is 0 Å². The summed E-state index contributed by atoms with van der Waals surface area (Å²) < 4.78 is 16.8. The maximum atomic E-state index is 12.4. The van der Waals surface area contributed by atoms with Crippen molar-refractivity contribution in [3.63, 3.8) is 0 Å². The summed E-state index contributed by atoms with van der Waals surface area (Å²) in [5.41, 5.74) is -0.745. The number of carbonyl (C=O) groups is 3. The van der Waals surface area contributed by atoms with Crippen LogP contribution in [0.25, 0.3) is 0 Å². The van der Waals surface area contributed by atoms with Gasteiger partial charge in [0.1, 0.15) is 19.8 Å². The Hall–Kier alpha value is -1.59. The molecule has 0 aromatic carbocycles. The van der Waals surface area contributed by atoms with E-state index < -0.39 is 5.41 Å². The average molecular weight is 429 g/mol. The van der Waals surface area contributed by atoms with E-state index in [1.165, 1.54) is 0 Å². The molecule has 0 aromatic rings. The lowest BCUT2D eigenvalue weighted by molar-refractivity contribution is -0.167. The molecule has 0 rings (SSSR count). The highest BCUT2D eigenvalue weighted by atomic mass is 16.6. The first-order valence-corrected chi connectivity index (χ1v) is 11.8. The third-order valence-electron chi connectivity index (χ3n) is 6.27. The quantitative estimate of drug-likeness (QED) is 0.244. The highest BCUT2D eigenvalue weighted by Gasteiger charge is 2.36. The zero-order valence-corrected chi connectivity index (χ0v) is 20.3. The van der Waals surface area contributed by atoms with Gasteiger partial charge in [0.15, 0.2) is 0 Å². The number of rotatable bonds is 16. The van der Waals surface area contributed by atoms with E-state index in [-0.39, 0.29) is 55.5 Å². The van der Waals surface area contributed by atoms with Crippen molar-refractivity contribution in [2.75, 3.05) is 19.8 Å². The number of hydrogen-bond acceptors (Lipinski definition) is 6. The molecule has 0 unspecified atom stereocenters. The van der Waals surface area contributed by atoms with Gasteiger partial charge in [-0.2, -0.15) is 0 Å². The SMILES string of the molecule is CCC(CC)C(=O)OCC(CC)(COC(=O)C(CC)CC)COC(=O)C(CC)CC. The summed E-state index contributed by atoms with van der Waals surface area (Å²) in [5.74, 6) is -1.22. The normalized spacial score (nSPS) is 11.8. The van der Waals surface area contributed by atoms with E-state index in [0.29, 0.717) is 44.9 Å². The number of ether oxygens (including phenoxy) is 3. The predicted molar refractivity (Wildman–Crippen MR) is 118 cm³/mol. The first-order chi connectivity index (χ1) is 14.3. The van der Waals surface area contributed by atoms with E-state index in [1.54, 1.807) is 0 Å². The molecule has 0 bridgehead atoms. The van der Waals surface area contributed by atoms with E-state index in [9.17, 15) is 14.4 Å². The predicted octanol–water partition coefficient (Wildman–Crippen LogP) is 5.32. The van der Waals surface area contributed by atoms with Crippen LogP contribution in [-0.4, -0.2) is 37.7 Å². The van der Waals surface area contributed by atoms with Crippen molar-refractivity contribution in [3.05, 3.63) is 0 Å². The van der Waals surface area contributed by atoms with Crippen molar-refractivity contribution in [1.82, 2.24) is 0 Å². The Balaban J connectivity index is 5.33. The lowest BCUT2D eigenvalue weighted by Gasteiger charge is -2.32. The second kappa shape index (κ2) is 15.2. The Morgan fingerprint density at radius 2 is 0.767 bits per heavy atom. The minimum Gasteiger partial charge on any atom is -0.465 e. The van der Waals surface area contributed by atoms with Crippen LogP contribution in [0.15, 0.2) is 0 Å². The van der Waals surface area contributed by atoms with Crippen LogP contribution in [-0.2, 0) is 28.6 Å². The van der Waals surface area contributed by atoms with Crippen LogP contribution in [0, 0.1) is 23.2 Å². The van der Waals surface area contributed by atoms with E-state index >= 15 is 0 Å². The zero-order valence-electron chi connectivity index (χ0n) is 20.3. The van der Waals surface area contributed by atoms with Gasteiger partial charge < -0.3 is 14.2 Å². The second-order valence-corrected chi connectivity index (χ2v) is 8.22. The van der Waals surface area contributed by atoms with Crippen LogP contribution in [0.1, 0.15) is 93.4 Å². The van der Waals surface area contributed by atoms with Gasteiger partial charge in [-0.25, -0.2) is 0 Å². The van der Waals surface area contributed by atoms with Crippen LogP contribution < -0.4 is 0 Å². The van der Waals surface area contributed by atoms with Gasteiger partial charge in [0, 0.05) is 0 Å². The minimum atomic E-state index is -0.745. The largest absolute Gasteiger partial charge is 0.465 e. The van der Waals surface area contributed by atoms with Crippen LogP contribution in [0.3, 0.4) is 0 Å². The molecule has 0 spiro atoms. The fourth-order valence-electron chi connectivity index (χ4n) is 3.32. The summed E-state index contributed by atoms with van der Waals surface area (Å²) in [5, 5.41) is 0. The topological polar surface area (TPSA) is 78.9 Å². The average Bonchev–Trinajstić information content (AvgIpc) is 2.76. The third kappa shape index (κ3) is 9.05. The summed E-state index contributed by atoms with van der Waals surface area (Å²) in [4.78, 5) is 37.2. The first-order valence-electron chi connectivity index (χ1n) is 11.8. The summed E-state index contributed by atoms with van der Waals surface area (Å²) >= 11 is 0. The van der Waals surface area contributed by atoms with E-state index in [4.69, 9.17) is 14.2 Å². The van der Waals surface area contributed by atoms with Crippen molar-refractivity contribution < 1.29 is 28.6 Å². The Labute approximate surface area is 183 Å². The molecule has 176 valence electrons. The summed E-state index contributed by atoms with van der Waals surface area (Å²) in [6.07, 6.45) is 4.81. The van der Waals surface area contributed by atoms with Gasteiger partial charge in [-0.3, -0.25) is 14.4 Å². The maximum Gasteiger partial charge on any atom is 0.308 e. The molecule has 0 saturated heterocycles. The molecule has 0 aliphatic heterocycles. The zero-order chi connectivity index (χ0) is 23.2. The number of hydrogen-bond donors (Lipinski definition) is 0. The van der Waals surface area contributed by atoms with Crippen molar-refractivity contribution in [2.24, 2.45) is 23.2 Å². The lowest BCUT2D eigenvalue weighted by Crippen LogP contribution is -2.40. The lowest BCUT2D eigenvalue weighted by atomic mass is 9.87. The van der Waals surface area contributed by atoms with E-state index in [2.05, 4.69) is 0 Å². The molecule has 0 radical (unpaired) electrons. The highest BCUT2D eigenvalue weighted by Crippen LogP contribution is 2.27. The first kappa shape index (κ1) is 28.4. The molecule has 0 N–H and O–H groups in total. The molecule has 0 aliphatic rings. The molecule has 0 atom stereocenters. The summed E-state index contributed by atoms with van der Waals surface area (Å²) in [6, 6.07) is 0. The standard InChI is InChI=1S/C24H44O6/c1-8-18(9-2)21(25)28-15-24(14-7,16-29-22(26)19(10-3)11-4)17-30-23(27)20(12-5)13-6/h18-20H,8-17H2,1-7H3. The molecule has 0 fully saturated rings. The van der Waals surface area contributed by atoms with Gasteiger partial charge in [0.2, 0.25) is 0 Å². The Morgan fingerprint density at radius 1 is 0.533 bits per heavy atom. The second-order valence-electron chi connectivity index (χ2n) is 8.22. The molecular weight excluding hydrogens is 384 g/mol. The van der Waals surface area contributed by atoms with Gasteiger partial charge in [-0.15, -0.1) is 0 Å². The van der Waals surface area contributed by atoms with Crippen molar-refractivity contribution in [2.45, 2.75) is 93.4 Å². The smallest absolute Gasteiger partial charge is 0.308 e. The Kier molecular flexibility index (Phi) is 14.4. The molecule has 6 nitrogen and oxygen atoms in total. The van der Waals surface area contributed by atoms with Crippen molar-refractivity contribution >= 4 is 17.9 Å². The molecule has 6 heteroatoms. The van der Waals surface area contributed by atoms with Gasteiger partial charge in [0.25, 0.3) is 0 Å². The van der Waals surface area contributed by atoms with Crippen molar-refractivity contribution in [1.29, 1.82) is 0 Å². The van der Waals surface area contributed by atoms with E-state index in [0.717, 1.165) is 0 Å². The fourth-order valence-corrected chi connectivity index (χ4v) is 3.32. The summed E-state index contributed by atoms with van der Waals surface area (Å²) in [7, 11) is 0. The van der Waals surface area contributed by atoms with Gasteiger partial charge in [-0.05, 0) is 44.9 Å². The monoisotopic (exact) mass is 428 g/mol. The van der Waals surface area contributed by atoms with Gasteiger partial charge in [-0.1, -0.05) is 48.5 Å². The Bertz CT molecular complexity index is 435. The third-order valence-corrected chi connectivity index (χ3v) is 6.27. The molecule has 0 amide bonds. The number of esters is 3. The fraction of sp³-hybridized carbons (Fsp3) is 0.875. The van der Waals surface area contributed by atoms with Crippen LogP contribution >= 0.6 is 0 Å². The molecule has 30 heavy (non-hydrogen) atoms.